The van der Waals surface area contributed by atoms with E-state index in [1.165, 1.54) is 51.6 Å². The topological polar surface area (TPSA) is 36.9 Å². The van der Waals surface area contributed by atoms with Crippen LogP contribution in [0.2, 0.25) is 0 Å². The van der Waals surface area contributed by atoms with E-state index < -0.39 is 0 Å². The molecule has 128 valence electrons. The molecule has 5 heteroatoms. The summed E-state index contributed by atoms with van der Waals surface area (Å²) in [7, 11) is 1.80. The summed E-state index contributed by atoms with van der Waals surface area (Å²) in [5, 5.41) is 3.51. The summed E-state index contributed by atoms with van der Waals surface area (Å²) in [5.74, 6) is 1.16. The van der Waals surface area contributed by atoms with Crippen LogP contribution >= 0.6 is 24.0 Å². The summed E-state index contributed by atoms with van der Waals surface area (Å²) in [4.78, 5) is 7.49. The van der Waals surface area contributed by atoms with Gasteiger partial charge >= 0.3 is 0 Å². The number of methoxy groups -OCH3 is 1. The van der Waals surface area contributed by atoms with Crippen molar-refractivity contribution in [1.82, 2.24) is 10.2 Å². The number of guanidine groups is 1. The molecule has 0 unspecified atom stereocenters. The minimum Gasteiger partial charge on any atom is -0.385 e. The Balaban J connectivity index is 0.00000176. The average Bonchev–Trinajstić information content (AvgIpc) is 3.07. The average molecular weight is 421 g/mol. The molecule has 2 saturated carbocycles. The minimum absolute atomic E-state index is 0. The summed E-state index contributed by atoms with van der Waals surface area (Å²) < 4.78 is 5.25. The minimum atomic E-state index is 0. The smallest absolute Gasteiger partial charge is 0.193 e. The predicted octanol–water partition coefficient (Wildman–Crippen LogP) is 3.26. The summed E-state index contributed by atoms with van der Waals surface area (Å²) >= 11 is 0. The number of ether oxygens (including phenoxy) is 1. The highest BCUT2D eigenvalue weighted by atomic mass is 127. The number of aliphatic imine (C=N–C) groups is 1. The van der Waals surface area contributed by atoms with Crippen LogP contribution in [-0.2, 0) is 4.74 Å². The first kappa shape index (κ1) is 18.3. The Bertz CT molecular complexity index is 391. The van der Waals surface area contributed by atoms with E-state index in [1.54, 1.807) is 7.11 Å². The molecule has 1 N–H and O–H groups in total. The van der Waals surface area contributed by atoms with Gasteiger partial charge in [-0.1, -0.05) is 6.42 Å². The van der Waals surface area contributed by atoms with Gasteiger partial charge in [-0.05, 0) is 56.3 Å². The van der Waals surface area contributed by atoms with E-state index in [1.807, 2.05) is 0 Å². The highest BCUT2D eigenvalue weighted by Crippen LogP contribution is 2.50. The quantitative estimate of drug-likeness (QED) is 0.407. The van der Waals surface area contributed by atoms with Crippen molar-refractivity contribution in [2.24, 2.45) is 15.8 Å². The number of hydrogen-bond acceptors (Lipinski definition) is 2. The molecular formula is C17H32IN3O. The third-order valence-corrected chi connectivity index (χ3v) is 5.84. The maximum Gasteiger partial charge on any atom is 0.193 e. The van der Waals surface area contributed by atoms with Gasteiger partial charge in [-0.2, -0.15) is 0 Å². The molecule has 0 amide bonds. The Labute approximate surface area is 152 Å². The van der Waals surface area contributed by atoms with Crippen molar-refractivity contribution in [3.05, 3.63) is 0 Å². The fraction of sp³-hybridized carbons (Fsp3) is 0.941. The lowest BCUT2D eigenvalue weighted by molar-refractivity contribution is 0.151. The van der Waals surface area contributed by atoms with E-state index in [9.17, 15) is 0 Å². The van der Waals surface area contributed by atoms with Gasteiger partial charge in [-0.3, -0.25) is 4.99 Å². The van der Waals surface area contributed by atoms with Crippen LogP contribution in [0.1, 0.15) is 51.9 Å². The van der Waals surface area contributed by atoms with Gasteiger partial charge in [-0.25, -0.2) is 0 Å². The molecule has 0 aromatic rings. The van der Waals surface area contributed by atoms with Crippen LogP contribution in [0.25, 0.3) is 0 Å². The first-order valence-corrected chi connectivity index (χ1v) is 8.73. The van der Waals surface area contributed by atoms with Crippen molar-refractivity contribution in [3.8, 4) is 0 Å². The van der Waals surface area contributed by atoms with Crippen molar-refractivity contribution in [2.45, 2.75) is 51.9 Å². The third kappa shape index (κ3) is 4.08. The van der Waals surface area contributed by atoms with Gasteiger partial charge in [0, 0.05) is 39.9 Å². The van der Waals surface area contributed by atoms with E-state index in [0.717, 1.165) is 32.1 Å². The second-order valence-electron chi connectivity index (χ2n) is 7.44. The van der Waals surface area contributed by atoms with Crippen LogP contribution in [0.4, 0.5) is 0 Å². The second kappa shape index (κ2) is 7.69. The summed E-state index contributed by atoms with van der Waals surface area (Å²) in [6, 6.07) is 0. The number of likely N-dealkylation sites (tertiary alicyclic amines) is 1. The van der Waals surface area contributed by atoms with Gasteiger partial charge < -0.3 is 15.0 Å². The Morgan fingerprint density at radius 1 is 1.23 bits per heavy atom. The van der Waals surface area contributed by atoms with Crippen molar-refractivity contribution >= 4 is 29.9 Å². The zero-order valence-corrected chi connectivity index (χ0v) is 16.5. The molecule has 0 aromatic carbocycles. The summed E-state index contributed by atoms with van der Waals surface area (Å²) in [5.41, 5.74) is 1.09. The number of halogens is 1. The van der Waals surface area contributed by atoms with Gasteiger partial charge in [0.25, 0.3) is 0 Å². The van der Waals surface area contributed by atoms with E-state index in [4.69, 9.17) is 9.73 Å². The summed E-state index contributed by atoms with van der Waals surface area (Å²) in [6.45, 7) is 7.40. The normalized spacial score (nSPS) is 24.8. The molecule has 4 nitrogen and oxygen atoms in total. The molecular weight excluding hydrogens is 389 g/mol. The highest BCUT2D eigenvalue weighted by molar-refractivity contribution is 14.0. The lowest BCUT2D eigenvalue weighted by Crippen LogP contribution is -2.42. The molecule has 1 heterocycles. The monoisotopic (exact) mass is 421 g/mol. The van der Waals surface area contributed by atoms with Gasteiger partial charge in [0.15, 0.2) is 5.96 Å². The van der Waals surface area contributed by atoms with E-state index >= 15 is 0 Å². The molecule has 0 atom stereocenters. The molecule has 0 aromatic heterocycles. The second-order valence-corrected chi connectivity index (χ2v) is 7.44. The fourth-order valence-electron chi connectivity index (χ4n) is 3.85. The van der Waals surface area contributed by atoms with Crippen molar-refractivity contribution in [3.63, 3.8) is 0 Å². The highest BCUT2D eigenvalue weighted by Gasteiger charge is 2.44. The summed E-state index contributed by atoms with van der Waals surface area (Å²) in [6.07, 6.45) is 9.47. The Morgan fingerprint density at radius 3 is 2.50 bits per heavy atom. The Morgan fingerprint density at radius 2 is 2.00 bits per heavy atom. The number of hydrogen-bond donors (Lipinski definition) is 1. The molecule has 3 aliphatic rings. The van der Waals surface area contributed by atoms with Crippen LogP contribution in [0.3, 0.4) is 0 Å². The van der Waals surface area contributed by atoms with E-state index in [2.05, 4.69) is 17.1 Å². The lowest BCUT2D eigenvalue weighted by Gasteiger charge is -2.38. The lowest BCUT2D eigenvalue weighted by atomic mass is 9.68. The zero-order valence-electron chi connectivity index (χ0n) is 14.2. The van der Waals surface area contributed by atoms with Crippen LogP contribution < -0.4 is 5.32 Å². The van der Waals surface area contributed by atoms with Crippen LogP contribution in [-0.4, -0.2) is 50.8 Å². The maximum absolute atomic E-state index is 5.25. The van der Waals surface area contributed by atoms with E-state index in [-0.39, 0.29) is 24.0 Å². The first-order valence-electron chi connectivity index (χ1n) is 8.73. The zero-order chi connectivity index (χ0) is 14.8. The number of nitrogens with one attached hydrogen (secondary N) is 1. The molecule has 1 saturated heterocycles. The van der Waals surface area contributed by atoms with Crippen molar-refractivity contribution < 1.29 is 4.74 Å². The molecule has 22 heavy (non-hydrogen) atoms. The van der Waals surface area contributed by atoms with E-state index in [0.29, 0.717) is 10.8 Å². The van der Waals surface area contributed by atoms with Gasteiger partial charge in [-0.15, -0.1) is 24.0 Å². The molecule has 1 spiro atoms. The van der Waals surface area contributed by atoms with Gasteiger partial charge in [0.1, 0.15) is 0 Å². The van der Waals surface area contributed by atoms with Gasteiger partial charge in [0.2, 0.25) is 0 Å². The van der Waals surface area contributed by atoms with Crippen LogP contribution in [0.5, 0.6) is 0 Å². The Kier molecular flexibility index (Phi) is 6.39. The molecule has 0 bridgehead atoms. The number of rotatable bonds is 6. The molecule has 0 radical (unpaired) electrons. The predicted molar refractivity (Wildman–Crippen MR) is 102 cm³/mol. The van der Waals surface area contributed by atoms with Crippen molar-refractivity contribution in [2.75, 3.05) is 39.9 Å². The van der Waals surface area contributed by atoms with Gasteiger partial charge in [0.05, 0.1) is 0 Å². The number of nitrogens with zero attached hydrogens (tertiary/aromatic N) is 2. The van der Waals surface area contributed by atoms with Crippen LogP contribution in [0, 0.1) is 10.8 Å². The molecule has 2 aliphatic carbocycles. The van der Waals surface area contributed by atoms with Crippen LogP contribution in [0.15, 0.2) is 4.99 Å². The molecule has 1 aliphatic heterocycles. The molecule has 3 rings (SSSR count). The Hall–Kier alpha value is -0.0400. The fourth-order valence-corrected chi connectivity index (χ4v) is 3.85. The largest absolute Gasteiger partial charge is 0.385 e. The molecule has 3 fully saturated rings. The third-order valence-electron chi connectivity index (χ3n) is 5.84. The van der Waals surface area contributed by atoms with Crippen molar-refractivity contribution in [1.29, 1.82) is 0 Å². The first-order chi connectivity index (χ1) is 10.2. The standard InChI is InChI=1S/C17H31N3O.HI/c1-3-18-15(19-13-16(7-8-16)10-12-21-2)20-11-9-17(14-20)5-4-6-17;/h3-14H2,1-2H3,(H,18,19);1H. The maximum atomic E-state index is 5.25. The SMILES string of the molecule is CCNC(=NCC1(CCOC)CC1)N1CCC2(CCC2)C1.I.